The first-order valence-corrected chi connectivity index (χ1v) is 15.4. The van der Waals surface area contributed by atoms with Gasteiger partial charge in [-0.05, 0) is 42.8 Å². The second-order valence-corrected chi connectivity index (χ2v) is 12.6. The largest absolute Gasteiger partial charge is 0.455 e. The second-order valence-electron chi connectivity index (χ2n) is 10.6. The lowest BCUT2D eigenvalue weighted by Crippen LogP contribution is -2.25. The normalized spacial score (nSPS) is 11.8. The minimum Gasteiger partial charge on any atom is -0.455 e. The van der Waals surface area contributed by atoms with Crippen LogP contribution < -0.4 is 15.4 Å². The molecule has 0 spiro atoms. The van der Waals surface area contributed by atoms with Crippen LogP contribution in [0.25, 0.3) is 50.1 Å². The van der Waals surface area contributed by atoms with Gasteiger partial charge < -0.3 is 15.5 Å². The summed E-state index contributed by atoms with van der Waals surface area (Å²) in [6.45, 7) is 1.92. The second kappa shape index (κ2) is 10.7. The van der Waals surface area contributed by atoms with Crippen molar-refractivity contribution in [1.82, 2.24) is 14.9 Å². The van der Waals surface area contributed by atoms with Crippen molar-refractivity contribution in [2.24, 2.45) is 0 Å². The van der Waals surface area contributed by atoms with Crippen LogP contribution in [-0.4, -0.2) is 44.2 Å². The molecule has 4 aromatic carbocycles. The molecule has 0 saturated carbocycles. The number of fused-ring (bicyclic) bond motifs is 2. The molecule has 230 valence electrons. The Bertz CT molecular complexity index is 2260. The zero-order valence-electron chi connectivity index (χ0n) is 24.4. The Morgan fingerprint density at radius 2 is 1.64 bits per heavy atom. The van der Waals surface area contributed by atoms with Crippen molar-refractivity contribution in [1.29, 1.82) is 0 Å². The van der Waals surface area contributed by atoms with Gasteiger partial charge in [-0.3, -0.25) is 13.7 Å². The number of carbonyl (C=O) groups is 1. The molecular formula is C32H26F3N5O4S. The highest BCUT2D eigenvalue weighted by Crippen LogP contribution is 2.42. The first kappa shape index (κ1) is 29.8. The number of furan rings is 1. The van der Waals surface area contributed by atoms with Gasteiger partial charge in [0.05, 0.1) is 28.7 Å². The number of nitrogens with one attached hydrogen (secondary N) is 1. The van der Waals surface area contributed by atoms with Gasteiger partial charge in [0.15, 0.2) is 5.82 Å². The summed E-state index contributed by atoms with van der Waals surface area (Å²) in [5.74, 6) is -3.01. The maximum absolute atomic E-state index is 15.7. The molecule has 2 heterocycles. The summed E-state index contributed by atoms with van der Waals surface area (Å²) in [6.07, 6.45) is 1.01. The third-order valence-electron chi connectivity index (χ3n) is 7.57. The SMILES string of the molecule is CNC(=O)c1c(-c2ccc(C)cc2)oc2cc(N(C)S(C)(=O)=O)c(-c3cc(F)c4nc(N)n(-c5cc(F)cc(F)c5)c4c3)cc12. The molecule has 45 heavy (non-hydrogen) atoms. The number of aromatic nitrogens is 2. The van der Waals surface area contributed by atoms with E-state index < -0.39 is 33.4 Å². The molecule has 0 radical (unpaired) electrons. The van der Waals surface area contributed by atoms with Gasteiger partial charge in [-0.25, -0.2) is 26.6 Å². The van der Waals surface area contributed by atoms with Crippen molar-refractivity contribution in [3.05, 3.63) is 95.3 Å². The first-order chi connectivity index (χ1) is 21.3. The van der Waals surface area contributed by atoms with E-state index in [1.54, 1.807) is 18.2 Å². The maximum Gasteiger partial charge on any atom is 0.255 e. The number of nitrogen functional groups attached to an aromatic ring is 1. The minimum absolute atomic E-state index is 0.0348. The van der Waals surface area contributed by atoms with Crippen molar-refractivity contribution in [3.8, 4) is 28.1 Å². The third-order valence-corrected chi connectivity index (χ3v) is 8.76. The molecule has 13 heteroatoms. The quantitative estimate of drug-likeness (QED) is 0.226. The van der Waals surface area contributed by atoms with Gasteiger partial charge in [0, 0.05) is 42.7 Å². The fourth-order valence-electron chi connectivity index (χ4n) is 5.31. The first-order valence-electron chi connectivity index (χ1n) is 13.5. The Morgan fingerprint density at radius 1 is 0.978 bits per heavy atom. The fourth-order valence-corrected chi connectivity index (χ4v) is 5.82. The summed E-state index contributed by atoms with van der Waals surface area (Å²) in [7, 11) is -1.05. The lowest BCUT2D eigenvalue weighted by molar-refractivity contribution is 0.0964. The summed E-state index contributed by atoms with van der Waals surface area (Å²) in [5.41, 5.74) is 8.47. The van der Waals surface area contributed by atoms with Crippen LogP contribution in [0.3, 0.4) is 0 Å². The topological polar surface area (TPSA) is 123 Å². The van der Waals surface area contributed by atoms with Crippen LogP contribution in [0, 0.1) is 24.4 Å². The van der Waals surface area contributed by atoms with E-state index in [0.29, 0.717) is 17.0 Å². The highest BCUT2D eigenvalue weighted by molar-refractivity contribution is 7.92. The number of carbonyl (C=O) groups excluding carboxylic acids is 1. The molecule has 9 nitrogen and oxygen atoms in total. The Morgan fingerprint density at radius 3 is 2.27 bits per heavy atom. The molecule has 0 aliphatic heterocycles. The van der Waals surface area contributed by atoms with E-state index in [2.05, 4.69) is 10.3 Å². The molecule has 0 bridgehead atoms. The predicted octanol–water partition coefficient (Wildman–Crippen LogP) is 6.17. The molecule has 0 unspecified atom stereocenters. The molecule has 3 N–H and O–H groups in total. The van der Waals surface area contributed by atoms with E-state index in [9.17, 15) is 22.0 Å². The zero-order chi connectivity index (χ0) is 32.4. The van der Waals surface area contributed by atoms with Crippen molar-refractivity contribution in [2.75, 3.05) is 30.4 Å². The van der Waals surface area contributed by atoms with E-state index in [4.69, 9.17) is 10.2 Å². The van der Waals surface area contributed by atoms with Gasteiger partial charge in [-0.1, -0.05) is 29.8 Å². The van der Waals surface area contributed by atoms with Gasteiger partial charge >= 0.3 is 0 Å². The number of amides is 1. The van der Waals surface area contributed by atoms with Gasteiger partial charge in [-0.15, -0.1) is 0 Å². The molecule has 0 aliphatic rings. The Labute approximate surface area is 255 Å². The number of anilines is 2. The molecule has 6 rings (SSSR count). The number of hydrogen-bond donors (Lipinski definition) is 2. The number of nitrogens with two attached hydrogens (primary N) is 1. The lowest BCUT2D eigenvalue weighted by atomic mass is 9.97. The van der Waals surface area contributed by atoms with Crippen molar-refractivity contribution >= 4 is 49.6 Å². The van der Waals surface area contributed by atoms with Crippen LogP contribution in [0.15, 0.2) is 71.1 Å². The fraction of sp³-hybridized carbons (Fsp3) is 0.125. The molecule has 2 aromatic heterocycles. The minimum atomic E-state index is -3.85. The van der Waals surface area contributed by atoms with Crippen LogP contribution in [0.4, 0.5) is 24.8 Å². The number of rotatable bonds is 6. The zero-order valence-corrected chi connectivity index (χ0v) is 25.3. The lowest BCUT2D eigenvalue weighted by Gasteiger charge is -2.21. The summed E-state index contributed by atoms with van der Waals surface area (Å²) >= 11 is 0. The molecule has 0 atom stereocenters. The van der Waals surface area contributed by atoms with Gasteiger partial charge in [-0.2, -0.15) is 0 Å². The van der Waals surface area contributed by atoms with E-state index >= 15 is 4.39 Å². The molecule has 0 saturated heterocycles. The standard InChI is InChI=1S/C32H26F3N5O4S/c1-16-5-7-17(8-6-16)30-28(31(41)37-2)23-14-22(25(15-27(23)44-30)39(3)45(4,42)43)18-9-24(35)29-26(10-18)40(32(36)38-29)21-12-19(33)11-20(34)13-21/h5-15H,1-4H3,(H2,36,38)(H,37,41). The average molecular weight is 634 g/mol. The highest BCUT2D eigenvalue weighted by atomic mass is 32.2. The van der Waals surface area contributed by atoms with Crippen molar-refractivity contribution in [2.45, 2.75) is 6.92 Å². The van der Waals surface area contributed by atoms with Crippen LogP contribution in [0.5, 0.6) is 0 Å². The van der Waals surface area contributed by atoms with Crippen LogP contribution in [-0.2, 0) is 10.0 Å². The number of aryl methyl sites for hydroxylation is 1. The van der Waals surface area contributed by atoms with E-state index in [1.807, 2.05) is 19.1 Å². The Hall–Kier alpha value is -5.30. The average Bonchev–Trinajstić information content (AvgIpc) is 3.52. The summed E-state index contributed by atoms with van der Waals surface area (Å²) in [5, 5.41) is 2.96. The summed E-state index contributed by atoms with van der Waals surface area (Å²) in [4.78, 5) is 17.3. The number of benzene rings is 4. The van der Waals surface area contributed by atoms with Gasteiger partial charge in [0.1, 0.15) is 28.5 Å². The van der Waals surface area contributed by atoms with Crippen LogP contribution in [0.1, 0.15) is 15.9 Å². The number of sulfonamides is 1. The third kappa shape index (κ3) is 5.14. The van der Waals surface area contributed by atoms with E-state index in [1.165, 1.54) is 30.8 Å². The predicted molar refractivity (Wildman–Crippen MR) is 167 cm³/mol. The van der Waals surface area contributed by atoms with E-state index in [-0.39, 0.29) is 56.4 Å². The molecular weight excluding hydrogens is 607 g/mol. The van der Waals surface area contributed by atoms with Crippen LogP contribution >= 0.6 is 0 Å². The van der Waals surface area contributed by atoms with Gasteiger partial charge in [0.2, 0.25) is 16.0 Å². The molecule has 0 fully saturated rings. The number of imidazole rings is 1. The molecule has 1 amide bonds. The number of nitrogens with zero attached hydrogens (tertiary/aromatic N) is 3. The number of hydrogen-bond acceptors (Lipinski definition) is 6. The molecule has 0 aliphatic carbocycles. The maximum atomic E-state index is 15.7. The summed E-state index contributed by atoms with van der Waals surface area (Å²) in [6, 6.07) is 15.7. The van der Waals surface area contributed by atoms with E-state index in [0.717, 1.165) is 34.3 Å². The van der Waals surface area contributed by atoms with Crippen molar-refractivity contribution < 1.29 is 30.8 Å². The summed E-state index contributed by atoms with van der Waals surface area (Å²) < 4.78 is 78.0. The smallest absolute Gasteiger partial charge is 0.255 e. The molecule has 6 aromatic rings. The van der Waals surface area contributed by atoms with Crippen LogP contribution in [0.2, 0.25) is 0 Å². The number of halogens is 3. The highest BCUT2D eigenvalue weighted by Gasteiger charge is 2.27. The van der Waals surface area contributed by atoms with Crippen molar-refractivity contribution in [3.63, 3.8) is 0 Å². The Balaban J connectivity index is 1.69. The monoisotopic (exact) mass is 633 g/mol. The van der Waals surface area contributed by atoms with Gasteiger partial charge in [0.25, 0.3) is 5.91 Å². The Kier molecular flexibility index (Phi) is 7.08.